The molecule has 0 aliphatic heterocycles. The molecule has 0 saturated heterocycles. The highest BCUT2D eigenvalue weighted by molar-refractivity contribution is 5.29. The maximum Gasteiger partial charge on any atom is 0.130 e. The molecular formula is C24H39FO. The van der Waals surface area contributed by atoms with Crippen LogP contribution in [0.25, 0.3) is 0 Å². The fourth-order valence-corrected chi connectivity index (χ4v) is 4.44. The van der Waals surface area contributed by atoms with Crippen molar-refractivity contribution < 1.29 is 9.13 Å². The van der Waals surface area contributed by atoms with Crippen molar-refractivity contribution in [3.8, 4) is 5.75 Å². The summed E-state index contributed by atoms with van der Waals surface area (Å²) in [6.45, 7) is 5.14. The summed E-state index contributed by atoms with van der Waals surface area (Å²) < 4.78 is 20.2. The lowest BCUT2D eigenvalue weighted by molar-refractivity contribution is 0.152. The van der Waals surface area contributed by atoms with E-state index in [0.717, 1.165) is 24.8 Å². The molecule has 0 aromatic heterocycles. The number of aryl methyl sites for hydroxylation is 1. The van der Waals surface area contributed by atoms with Gasteiger partial charge < -0.3 is 4.74 Å². The molecule has 1 aliphatic rings. The predicted molar refractivity (Wildman–Crippen MR) is 109 cm³/mol. The Kier molecular flexibility index (Phi) is 9.50. The minimum atomic E-state index is -0.0856. The van der Waals surface area contributed by atoms with E-state index in [0.29, 0.717) is 17.8 Å². The third kappa shape index (κ3) is 6.93. The Bertz CT molecular complexity index is 505. The first kappa shape index (κ1) is 21.3. The van der Waals surface area contributed by atoms with Crippen LogP contribution in [0.4, 0.5) is 4.39 Å². The third-order valence-electron chi connectivity index (χ3n) is 6.19. The standard InChI is InChI=1S/C24H39FO/c1-3-5-8-15-24(16-9-7-10-17-24)18-14-21-12-13-22(20-23(21)25)26-19-11-6-4-2/h12-13,20H,3-11,14-19H2,1-2H3. The van der Waals surface area contributed by atoms with Gasteiger partial charge in [0.05, 0.1) is 6.61 Å². The van der Waals surface area contributed by atoms with Gasteiger partial charge in [0, 0.05) is 6.07 Å². The second-order valence-corrected chi connectivity index (χ2v) is 8.33. The normalized spacial score (nSPS) is 16.6. The summed E-state index contributed by atoms with van der Waals surface area (Å²) in [5.41, 5.74) is 1.33. The predicted octanol–water partition coefficient (Wildman–Crippen LogP) is 7.86. The van der Waals surface area contributed by atoms with Gasteiger partial charge in [-0.25, -0.2) is 4.39 Å². The van der Waals surface area contributed by atoms with Gasteiger partial charge in [-0.1, -0.05) is 71.3 Å². The Morgan fingerprint density at radius 2 is 1.65 bits per heavy atom. The highest BCUT2D eigenvalue weighted by atomic mass is 19.1. The van der Waals surface area contributed by atoms with Gasteiger partial charge in [-0.2, -0.15) is 0 Å². The summed E-state index contributed by atoms with van der Waals surface area (Å²) in [4.78, 5) is 0. The molecule has 26 heavy (non-hydrogen) atoms. The van der Waals surface area contributed by atoms with E-state index < -0.39 is 0 Å². The van der Waals surface area contributed by atoms with Crippen LogP contribution in [0.5, 0.6) is 5.75 Å². The van der Waals surface area contributed by atoms with Gasteiger partial charge in [0.15, 0.2) is 0 Å². The van der Waals surface area contributed by atoms with E-state index >= 15 is 0 Å². The van der Waals surface area contributed by atoms with Crippen LogP contribution >= 0.6 is 0 Å². The molecule has 2 rings (SSSR count). The minimum Gasteiger partial charge on any atom is -0.493 e. The van der Waals surface area contributed by atoms with Crippen molar-refractivity contribution in [1.29, 1.82) is 0 Å². The van der Waals surface area contributed by atoms with Crippen LogP contribution in [0.1, 0.15) is 103 Å². The van der Waals surface area contributed by atoms with E-state index in [1.54, 1.807) is 6.07 Å². The van der Waals surface area contributed by atoms with E-state index in [1.165, 1.54) is 70.6 Å². The van der Waals surface area contributed by atoms with Crippen LogP contribution in [0, 0.1) is 11.2 Å². The summed E-state index contributed by atoms with van der Waals surface area (Å²) in [7, 11) is 0. The fraction of sp³-hybridized carbons (Fsp3) is 0.750. The van der Waals surface area contributed by atoms with Crippen LogP contribution in [-0.4, -0.2) is 6.61 Å². The molecule has 0 unspecified atom stereocenters. The number of hydrogen-bond acceptors (Lipinski definition) is 1. The molecule has 0 N–H and O–H groups in total. The number of ether oxygens (including phenoxy) is 1. The highest BCUT2D eigenvalue weighted by Gasteiger charge is 2.31. The van der Waals surface area contributed by atoms with Crippen molar-refractivity contribution in [1.82, 2.24) is 0 Å². The van der Waals surface area contributed by atoms with Crippen molar-refractivity contribution in [3.05, 3.63) is 29.6 Å². The molecule has 2 heteroatoms. The molecule has 1 aromatic carbocycles. The lowest BCUT2D eigenvalue weighted by atomic mass is 9.68. The average molecular weight is 363 g/mol. The Morgan fingerprint density at radius 3 is 2.35 bits per heavy atom. The third-order valence-corrected chi connectivity index (χ3v) is 6.19. The van der Waals surface area contributed by atoms with Crippen LogP contribution in [0.15, 0.2) is 18.2 Å². The molecule has 1 fully saturated rings. The topological polar surface area (TPSA) is 9.23 Å². The number of unbranched alkanes of at least 4 members (excludes halogenated alkanes) is 4. The van der Waals surface area contributed by atoms with Crippen molar-refractivity contribution in [3.63, 3.8) is 0 Å². The maximum atomic E-state index is 14.5. The number of rotatable bonds is 12. The van der Waals surface area contributed by atoms with Crippen molar-refractivity contribution in [2.45, 2.75) is 104 Å². The Balaban J connectivity index is 1.89. The lowest BCUT2D eigenvalue weighted by Gasteiger charge is -2.38. The Hall–Kier alpha value is -1.05. The first-order valence-electron chi connectivity index (χ1n) is 11.1. The second-order valence-electron chi connectivity index (χ2n) is 8.33. The van der Waals surface area contributed by atoms with E-state index in [9.17, 15) is 4.39 Å². The van der Waals surface area contributed by atoms with Gasteiger partial charge >= 0.3 is 0 Å². The minimum absolute atomic E-state index is 0.0856. The Morgan fingerprint density at radius 1 is 0.923 bits per heavy atom. The summed E-state index contributed by atoms with van der Waals surface area (Å²) in [5, 5.41) is 0. The smallest absolute Gasteiger partial charge is 0.130 e. The zero-order chi connectivity index (χ0) is 18.7. The van der Waals surface area contributed by atoms with Crippen molar-refractivity contribution in [2.24, 2.45) is 5.41 Å². The molecule has 0 amide bonds. The van der Waals surface area contributed by atoms with Gasteiger partial charge in [0.25, 0.3) is 0 Å². The monoisotopic (exact) mass is 362 g/mol. The highest BCUT2D eigenvalue weighted by Crippen LogP contribution is 2.44. The quantitative estimate of drug-likeness (QED) is 0.344. The number of hydrogen-bond donors (Lipinski definition) is 0. The number of benzene rings is 1. The molecule has 1 saturated carbocycles. The molecule has 148 valence electrons. The molecule has 0 heterocycles. The van der Waals surface area contributed by atoms with Gasteiger partial charge in [-0.05, 0) is 55.6 Å². The van der Waals surface area contributed by atoms with Gasteiger partial charge in [-0.3, -0.25) is 0 Å². The molecule has 1 nitrogen and oxygen atoms in total. The Labute approximate surface area is 160 Å². The summed E-state index contributed by atoms with van der Waals surface area (Å²) in [6.07, 6.45) is 17.5. The molecule has 0 atom stereocenters. The van der Waals surface area contributed by atoms with Crippen LogP contribution < -0.4 is 4.74 Å². The van der Waals surface area contributed by atoms with E-state index in [-0.39, 0.29) is 5.82 Å². The van der Waals surface area contributed by atoms with Gasteiger partial charge in [0.2, 0.25) is 0 Å². The average Bonchev–Trinajstić information content (AvgIpc) is 2.66. The lowest BCUT2D eigenvalue weighted by Crippen LogP contribution is -2.25. The summed E-state index contributed by atoms with van der Waals surface area (Å²) >= 11 is 0. The summed E-state index contributed by atoms with van der Waals surface area (Å²) in [5.74, 6) is 0.593. The van der Waals surface area contributed by atoms with Gasteiger partial charge in [0.1, 0.15) is 11.6 Å². The molecule has 0 bridgehead atoms. The largest absolute Gasteiger partial charge is 0.493 e. The van der Waals surface area contributed by atoms with E-state index in [1.807, 2.05) is 12.1 Å². The molecule has 0 radical (unpaired) electrons. The molecule has 0 spiro atoms. The molecule has 1 aromatic rings. The van der Waals surface area contributed by atoms with Crippen LogP contribution in [0.2, 0.25) is 0 Å². The summed E-state index contributed by atoms with van der Waals surface area (Å²) in [6, 6.07) is 5.49. The van der Waals surface area contributed by atoms with E-state index in [4.69, 9.17) is 4.74 Å². The van der Waals surface area contributed by atoms with E-state index in [2.05, 4.69) is 13.8 Å². The van der Waals surface area contributed by atoms with Crippen molar-refractivity contribution in [2.75, 3.05) is 6.61 Å². The first-order valence-corrected chi connectivity index (χ1v) is 11.1. The second kappa shape index (κ2) is 11.6. The van der Waals surface area contributed by atoms with Crippen molar-refractivity contribution >= 4 is 0 Å². The fourth-order valence-electron chi connectivity index (χ4n) is 4.44. The molecule has 1 aliphatic carbocycles. The maximum absolute atomic E-state index is 14.5. The first-order chi connectivity index (χ1) is 12.7. The zero-order valence-corrected chi connectivity index (χ0v) is 17.1. The van der Waals surface area contributed by atoms with Gasteiger partial charge in [-0.15, -0.1) is 0 Å². The van der Waals surface area contributed by atoms with Crippen LogP contribution in [-0.2, 0) is 6.42 Å². The van der Waals surface area contributed by atoms with Crippen LogP contribution in [0.3, 0.4) is 0 Å². The zero-order valence-electron chi connectivity index (χ0n) is 17.1. The number of halogens is 1. The molecular weight excluding hydrogens is 323 g/mol. The SMILES string of the molecule is CCCCCOc1ccc(CCC2(CCCCC)CCCCC2)c(F)c1.